The summed E-state index contributed by atoms with van der Waals surface area (Å²) >= 11 is 0. The molecule has 1 aliphatic carbocycles. The van der Waals surface area contributed by atoms with E-state index in [9.17, 15) is 14.7 Å². The molecule has 5 nitrogen and oxygen atoms in total. The Kier molecular flexibility index (Phi) is 3.88. The minimum Gasteiger partial charge on any atom is -0.478 e. The summed E-state index contributed by atoms with van der Waals surface area (Å²) < 4.78 is 5.39. The summed E-state index contributed by atoms with van der Waals surface area (Å²) in [7, 11) is 0. The average molecular weight is 301 g/mol. The second-order valence-electron chi connectivity index (χ2n) is 5.97. The number of piperidine rings is 1. The summed E-state index contributed by atoms with van der Waals surface area (Å²) in [5.41, 5.74) is 0.317. The van der Waals surface area contributed by atoms with Crippen LogP contribution in [-0.2, 0) is 4.79 Å². The molecule has 22 heavy (non-hydrogen) atoms. The van der Waals surface area contributed by atoms with Gasteiger partial charge in [0.25, 0.3) is 0 Å². The van der Waals surface area contributed by atoms with Gasteiger partial charge in [0.2, 0.25) is 0 Å². The van der Waals surface area contributed by atoms with E-state index in [0.29, 0.717) is 24.3 Å². The molecule has 0 aromatic heterocycles. The highest BCUT2D eigenvalue weighted by molar-refractivity contribution is 5.89. The Hall–Kier alpha value is -2.30. The lowest BCUT2D eigenvalue weighted by atomic mass is 9.88. The quantitative estimate of drug-likeness (QED) is 0.912. The Morgan fingerprint density at radius 3 is 2.64 bits per heavy atom. The second-order valence-corrected chi connectivity index (χ2v) is 5.97. The van der Waals surface area contributed by atoms with Crippen LogP contribution in [0.2, 0.25) is 0 Å². The Morgan fingerprint density at radius 2 is 1.95 bits per heavy atom. The first-order chi connectivity index (χ1) is 10.6. The van der Waals surface area contributed by atoms with Gasteiger partial charge in [0, 0.05) is 6.54 Å². The van der Waals surface area contributed by atoms with Crippen molar-refractivity contribution in [3.05, 3.63) is 42.0 Å². The van der Waals surface area contributed by atoms with E-state index in [1.54, 1.807) is 35.2 Å². The highest BCUT2D eigenvalue weighted by atomic mass is 16.6. The van der Waals surface area contributed by atoms with Crippen molar-refractivity contribution in [2.75, 3.05) is 6.54 Å². The van der Waals surface area contributed by atoms with Gasteiger partial charge in [0.05, 0.1) is 11.6 Å². The smallest absolute Gasteiger partial charge is 0.415 e. The van der Waals surface area contributed by atoms with Gasteiger partial charge in [-0.05, 0) is 36.8 Å². The van der Waals surface area contributed by atoms with E-state index in [1.165, 1.54) is 0 Å². The standard InChI is InChI=1S/C17H19NO4/c1-11-9-14(16(19)20)15-8-7-12(11)10-18(15)17(21)22-13-5-3-2-4-6-13/h2-6,9,11-12,15H,7-8,10H2,1H3,(H,19,20). The van der Waals surface area contributed by atoms with Crippen LogP contribution >= 0.6 is 0 Å². The number of aliphatic carboxylic acids is 1. The van der Waals surface area contributed by atoms with Gasteiger partial charge < -0.3 is 14.7 Å². The number of rotatable bonds is 2. The Morgan fingerprint density at radius 1 is 1.23 bits per heavy atom. The van der Waals surface area contributed by atoms with Crippen molar-refractivity contribution >= 4 is 12.1 Å². The zero-order valence-corrected chi connectivity index (χ0v) is 12.4. The topological polar surface area (TPSA) is 66.8 Å². The van der Waals surface area contributed by atoms with Gasteiger partial charge in [-0.3, -0.25) is 0 Å². The van der Waals surface area contributed by atoms with E-state index in [4.69, 9.17) is 4.74 Å². The fourth-order valence-electron chi connectivity index (χ4n) is 3.35. The third-order valence-corrected chi connectivity index (χ3v) is 4.59. The highest BCUT2D eigenvalue weighted by Gasteiger charge is 2.41. The molecule has 116 valence electrons. The first-order valence-electron chi connectivity index (χ1n) is 7.54. The molecule has 1 aromatic rings. The second kappa shape index (κ2) is 5.83. The fourth-order valence-corrected chi connectivity index (χ4v) is 3.35. The van der Waals surface area contributed by atoms with Crippen molar-refractivity contribution in [3.8, 4) is 5.75 Å². The monoisotopic (exact) mass is 301 g/mol. The molecule has 3 atom stereocenters. The van der Waals surface area contributed by atoms with Gasteiger partial charge in [-0.1, -0.05) is 31.2 Å². The van der Waals surface area contributed by atoms with E-state index in [0.717, 1.165) is 6.42 Å². The van der Waals surface area contributed by atoms with Crippen LogP contribution in [0.1, 0.15) is 19.8 Å². The number of carbonyl (C=O) groups is 2. The van der Waals surface area contributed by atoms with Gasteiger partial charge in [0.15, 0.2) is 0 Å². The normalized spacial score (nSPS) is 27.0. The number of allylic oxidation sites excluding steroid dienone is 1. The van der Waals surface area contributed by atoms with Crippen LogP contribution in [0.3, 0.4) is 0 Å². The number of hydrogen-bond acceptors (Lipinski definition) is 3. The number of carboxylic acid groups (broad SMARTS) is 1. The number of carboxylic acids is 1. The predicted molar refractivity (Wildman–Crippen MR) is 80.6 cm³/mol. The third-order valence-electron chi connectivity index (χ3n) is 4.59. The summed E-state index contributed by atoms with van der Waals surface area (Å²) in [6.45, 7) is 2.56. The maximum absolute atomic E-state index is 12.5. The van der Waals surface area contributed by atoms with Crippen molar-refractivity contribution in [2.45, 2.75) is 25.8 Å². The van der Waals surface area contributed by atoms with Crippen molar-refractivity contribution in [3.63, 3.8) is 0 Å². The van der Waals surface area contributed by atoms with Gasteiger partial charge in [0.1, 0.15) is 5.75 Å². The molecule has 1 N–H and O–H groups in total. The number of fused-ring (bicyclic) bond motifs is 3. The molecule has 5 heteroatoms. The lowest BCUT2D eigenvalue weighted by molar-refractivity contribution is -0.133. The van der Waals surface area contributed by atoms with Crippen molar-refractivity contribution in [1.29, 1.82) is 0 Å². The Bertz CT molecular complexity index is 610. The van der Waals surface area contributed by atoms with E-state index in [-0.39, 0.29) is 11.8 Å². The van der Waals surface area contributed by atoms with Crippen LogP contribution in [0.4, 0.5) is 4.79 Å². The number of amides is 1. The summed E-state index contributed by atoms with van der Waals surface area (Å²) in [5, 5.41) is 9.44. The molecule has 0 saturated carbocycles. The molecule has 2 heterocycles. The van der Waals surface area contributed by atoms with Crippen molar-refractivity contribution in [2.24, 2.45) is 11.8 Å². The molecule has 1 amide bonds. The number of ether oxygens (including phenoxy) is 1. The zero-order chi connectivity index (χ0) is 15.7. The van der Waals surface area contributed by atoms with E-state index >= 15 is 0 Å². The molecule has 1 fully saturated rings. The van der Waals surface area contributed by atoms with Crippen LogP contribution < -0.4 is 4.74 Å². The van der Waals surface area contributed by atoms with Crippen molar-refractivity contribution < 1.29 is 19.4 Å². The van der Waals surface area contributed by atoms with Crippen LogP contribution in [0.25, 0.3) is 0 Å². The molecule has 0 spiro atoms. The lowest BCUT2D eigenvalue weighted by Gasteiger charge is -2.37. The largest absolute Gasteiger partial charge is 0.478 e. The molecule has 4 rings (SSSR count). The Balaban J connectivity index is 1.83. The fraction of sp³-hybridized carbons (Fsp3) is 0.412. The SMILES string of the molecule is CC1C=C(C(=O)O)C2CCC1CN2C(=O)Oc1ccccc1. The van der Waals surface area contributed by atoms with Crippen LogP contribution in [-0.4, -0.2) is 34.7 Å². The molecular formula is C17H19NO4. The lowest BCUT2D eigenvalue weighted by Crippen LogP contribution is -2.49. The molecule has 2 aliphatic heterocycles. The molecule has 2 bridgehead atoms. The number of benzene rings is 1. The maximum Gasteiger partial charge on any atom is 0.415 e. The van der Waals surface area contributed by atoms with Crippen LogP contribution in [0, 0.1) is 11.8 Å². The van der Waals surface area contributed by atoms with Gasteiger partial charge >= 0.3 is 12.1 Å². The van der Waals surface area contributed by atoms with E-state index in [1.807, 2.05) is 13.0 Å². The van der Waals surface area contributed by atoms with E-state index < -0.39 is 18.1 Å². The van der Waals surface area contributed by atoms with Gasteiger partial charge in [-0.25, -0.2) is 9.59 Å². The predicted octanol–water partition coefficient (Wildman–Crippen LogP) is 2.93. The highest BCUT2D eigenvalue weighted by Crippen LogP contribution is 2.37. The minimum absolute atomic E-state index is 0.158. The van der Waals surface area contributed by atoms with Gasteiger partial charge in [-0.2, -0.15) is 0 Å². The van der Waals surface area contributed by atoms with Gasteiger partial charge in [-0.15, -0.1) is 0 Å². The average Bonchev–Trinajstić information content (AvgIpc) is 2.76. The zero-order valence-electron chi connectivity index (χ0n) is 12.4. The molecule has 3 aliphatic rings. The number of carbonyl (C=O) groups excluding carboxylic acids is 1. The third kappa shape index (κ3) is 2.71. The molecule has 1 aromatic carbocycles. The van der Waals surface area contributed by atoms with Crippen molar-refractivity contribution in [1.82, 2.24) is 4.90 Å². The van der Waals surface area contributed by atoms with Crippen LogP contribution in [0.15, 0.2) is 42.0 Å². The van der Waals surface area contributed by atoms with E-state index in [2.05, 4.69) is 0 Å². The molecule has 3 unspecified atom stereocenters. The number of hydrogen-bond donors (Lipinski definition) is 1. The molecular weight excluding hydrogens is 282 g/mol. The van der Waals surface area contributed by atoms with Crippen LogP contribution in [0.5, 0.6) is 5.75 Å². The molecule has 0 radical (unpaired) electrons. The Labute approximate surface area is 129 Å². The first-order valence-corrected chi connectivity index (χ1v) is 7.54. The molecule has 1 saturated heterocycles. The minimum atomic E-state index is -0.947. The summed E-state index contributed by atoms with van der Waals surface area (Å²) in [6, 6.07) is 8.46. The maximum atomic E-state index is 12.5. The summed E-state index contributed by atoms with van der Waals surface area (Å²) in [6.07, 6.45) is 2.95. The number of nitrogens with zero attached hydrogens (tertiary/aromatic N) is 1. The number of para-hydroxylation sites is 1. The summed E-state index contributed by atoms with van der Waals surface area (Å²) in [5.74, 6) is -0.0273. The first kappa shape index (κ1) is 14.6. The summed E-state index contributed by atoms with van der Waals surface area (Å²) in [4.78, 5) is 25.6.